The third kappa shape index (κ3) is 5.36. The topological polar surface area (TPSA) is 108 Å². The zero-order chi connectivity index (χ0) is 25.7. The van der Waals surface area contributed by atoms with Gasteiger partial charge >= 0.3 is 5.69 Å². The van der Waals surface area contributed by atoms with Crippen molar-refractivity contribution in [3.8, 4) is 22.8 Å². The molecule has 0 aliphatic carbocycles. The lowest BCUT2D eigenvalue weighted by atomic mass is 10.1. The Hall–Kier alpha value is -4.25. The van der Waals surface area contributed by atoms with Crippen LogP contribution in [0.15, 0.2) is 54.9 Å². The molecule has 0 radical (unpaired) electrons. The van der Waals surface area contributed by atoms with Gasteiger partial charge in [0.05, 0.1) is 30.0 Å². The molecule has 0 unspecified atom stereocenters. The summed E-state index contributed by atoms with van der Waals surface area (Å²) in [6.45, 7) is 0.634. The number of likely N-dealkylation sites (N-methyl/N-ethyl adjacent to an activating group) is 1. The Kier molecular flexibility index (Phi) is 7.59. The molecule has 0 spiro atoms. The summed E-state index contributed by atoms with van der Waals surface area (Å²) < 4.78 is 26.0. The van der Waals surface area contributed by atoms with Crippen LogP contribution in [0.25, 0.3) is 22.2 Å². The second-order valence-corrected chi connectivity index (χ2v) is 8.26. The summed E-state index contributed by atoms with van der Waals surface area (Å²) in [4.78, 5) is 22.0. The van der Waals surface area contributed by atoms with Crippen molar-refractivity contribution in [3.63, 3.8) is 0 Å². The molecule has 2 aromatic heterocycles. The molecule has 4 aromatic rings. The number of hydrogen-bond acceptors (Lipinski definition) is 8. The van der Waals surface area contributed by atoms with Gasteiger partial charge in [0, 0.05) is 47.5 Å². The monoisotopic (exact) mass is 494 g/mol. The van der Waals surface area contributed by atoms with Crippen molar-refractivity contribution in [2.45, 2.75) is 6.54 Å². The van der Waals surface area contributed by atoms with E-state index < -0.39 is 11.6 Å². The number of nitrogens with one attached hydrogen (secondary N) is 1. The van der Waals surface area contributed by atoms with Crippen LogP contribution in [0, 0.1) is 10.1 Å². The summed E-state index contributed by atoms with van der Waals surface area (Å²) in [6, 6.07) is 12.3. The van der Waals surface area contributed by atoms with Gasteiger partial charge in [0.25, 0.3) is 0 Å². The maximum Gasteiger partial charge on any atom is 0.313 e. The number of para-hydroxylation sites is 1. The largest absolute Gasteiger partial charge is 0.494 e. The number of aromatic nitrogens is 3. The van der Waals surface area contributed by atoms with E-state index in [0.29, 0.717) is 23.7 Å². The number of fused-ring (bicyclic) bond motifs is 1. The third-order valence-electron chi connectivity index (χ3n) is 5.57. The summed E-state index contributed by atoms with van der Waals surface area (Å²) in [5, 5.41) is 15.7. The second-order valence-electron chi connectivity index (χ2n) is 8.26. The van der Waals surface area contributed by atoms with E-state index in [1.54, 1.807) is 12.3 Å². The molecule has 0 aliphatic heterocycles. The fourth-order valence-electron chi connectivity index (χ4n) is 3.83. The molecule has 0 aliphatic rings. The van der Waals surface area contributed by atoms with Gasteiger partial charge in [0.1, 0.15) is 19.0 Å². The summed E-state index contributed by atoms with van der Waals surface area (Å²) in [7, 11) is 5.24. The number of nitro groups is 1. The molecule has 0 amide bonds. The summed E-state index contributed by atoms with van der Waals surface area (Å²) in [5.74, 6) is 0.678. The van der Waals surface area contributed by atoms with Gasteiger partial charge in [-0.3, -0.25) is 10.1 Å². The Labute approximate surface area is 207 Å². The van der Waals surface area contributed by atoms with E-state index in [1.165, 1.54) is 19.2 Å². The molecule has 0 fully saturated rings. The Bertz CT molecular complexity index is 1370. The highest BCUT2D eigenvalue weighted by atomic mass is 19.1. The highest BCUT2D eigenvalue weighted by molar-refractivity contribution is 5.95. The number of ether oxygens (including phenoxy) is 2. The Morgan fingerprint density at radius 2 is 2.00 bits per heavy atom. The number of nitro benzene ring substituents is 1. The SMILES string of the molecule is COc1cc(OCCN(C)C)c([N+](=O)[O-])cc1Nc1nccc(-c2cn(CCF)c3ccccc23)n1. The van der Waals surface area contributed by atoms with Gasteiger partial charge in [-0.05, 0) is 26.2 Å². The molecular weight excluding hydrogens is 467 g/mol. The van der Waals surface area contributed by atoms with Crippen molar-refractivity contribution >= 4 is 28.2 Å². The first-order valence-corrected chi connectivity index (χ1v) is 11.3. The standard InChI is InChI=1S/C25H27FN6O4/c1-30(2)12-13-36-24-15-23(35-3)20(14-22(24)32(33)34)29-25-27-10-8-19(28-25)18-16-31(11-9-26)21-7-5-4-6-17(18)21/h4-8,10,14-16H,9,11-13H2,1-3H3,(H,27,28,29). The van der Waals surface area contributed by atoms with Crippen molar-refractivity contribution in [2.75, 3.05) is 46.3 Å². The number of hydrogen-bond donors (Lipinski definition) is 1. The predicted octanol–water partition coefficient (Wildman–Crippen LogP) is 4.67. The highest BCUT2D eigenvalue weighted by Gasteiger charge is 2.21. The second kappa shape index (κ2) is 11.0. The number of methoxy groups -OCH3 is 1. The molecule has 4 rings (SSSR count). The molecule has 1 N–H and O–H groups in total. The van der Waals surface area contributed by atoms with Gasteiger partial charge in [0.2, 0.25) is 11.7 Å². The normalized spacial score (nSPS) is 11.1. The first kappa shape index (κ1) is 24.9. The van der Waals surface area contributed by atoms with E-state index in [4.69, 9.17) is 9.47 Å². The number of halogens is 1. The van der Waals surface area contributed by atoms with E-state index in [-0.39, 0.29) is 30.5 Å². The minimum absolute atomic E-state index is 0.111. The summed E-state index contributed by atoms with van der Waals surface area (Å²) in [5.41, 5.74) is 2.47. The molecule has 0 atom stereocenters. The maximum atomic E-state index is 13.1. The fourth-order valence-corrected chi connectivity index (χ4v) is 3.83. The van der Waals surface area contributed by atoms with Gasteiger partial charge in [0.15, 0.2) is 0 Å². The number of alkyl halides is 1. The Morgan fingerprint density at radius 3 is 2.72 bits per heavy atom. The average Bonchev–Trinajstić information content (AvgIpc) is 3.23. The number of nitrogens with zero attached hydrogens (tertiary/aromatic N) is 5. The Balaban J connectivity index is 1.67. The molecule has 36 heavy (non-hydrogen) atoms. The van der Waals surface area contributed by atoms with Crippen LogP contribution in [0.4, 0.5) is 21.7 Å². The van der Waals surface area contributed by atoms with E-state index in [1.807, 2.05) is 54.0 Å². The minimum atomic E-state index is -0.507. The van der Waals surface area contributed by atoms with E-state index in [0.717, 1.165) is 16.5 Å². The highest BCUT2D eigenvalue weighted by Crippen LogP contribution is 2.39. The number of rotatable bonds is 11. The molecule has 0 saturated carbocycles. The molecule has 10 nitrogen and oxygen atoms in total. The van der Waals surface area contributed by atoms with Crippen molar-refractivity contribution < 1.29 is 18.8 Å². The van der Waals surface area contributed by atoms with Crippen molar-refractivity contribution in [1.82, 2.24) is 19.4 Å². The third-order valence-corrected chi connectivity index (χ3v) is 5.57. The molecule has 0 saturated heterocycles. The van der Waals surface area contributed by atoms with Crippen LogP contribution in [0.2, 0.25) is 0 Å². The van der Waals surface area contributed by atoms with Crippen LogP contribution in [0.5, 0.6) is 11.5 Å². The van der Waals surface area contributed by atoms with Gasteiger partial charge in [-0.25, -0.2) is 14.4 Å². The smallest absolute Gasteiger partial charge is 0.313 e. The minimum Gasteiger partial charge on any atom is -0.494 e. The molecule has 0 bridgehead atoms. The summed E-state index contributed by atoms with van der Waals surface area (Å²) >= 11 is 0. The van der Waals surface area contributed by atoms with E-state index >= 15 is 0 Å². The van der Waals surface area contributed by atoms with Gasteiger partial charge in [-0.2, -0.15) is 0 Å². The van der Waals surface area contributed by atoms with Crippen LogP contribution in [0.3, 0.4) is 0 Å². The fraction of sp³-hybridized carbons (Fsp3) is 0.280. The van der Waals surface area contributed by atoms with E-state index in [9.17, 15) is 14.5 Å². The zero-order valence-corrected chi connectivity index (χ0v) is 20.3. The van der Waals surface area contributed by atoms with Crippen LogP contribution >= 0.6 is 0 Å². The number of anilines is 2. The van der Waals surface area contributed by atoms with E-state index in [2.05, 4.69) is 15.3 Å². The lowest BCUT2D eigenvalue weighted by molar-refractivity contribution is -0.385. The van der Waals surface area contributed by atoms with Crippen LogP contribution in [0.1, 0.15) is 0 Å². The first-order valence-electron chi connectivity index (χ1n) is 11.3. The predicted molar refractivity (Wildman–Crippen MR) is 136 cm³/mol. The first-order chi connectivity index (χ1) is 17.4. The molecular formula is C25H27FN6O4. The van der Waals surface area contributed by atoms with Crippen molar-refractivity contribution in [2.24, 2.45) is 0 Å². The number of aryl methyl sites for hydroxylation is 1. The zero-order valence-electron chi connectivity index (χ0n) is 20.3. The molecule has 2 heterocycles. The van der Waals surface area contributed by atoms with Crippen LogP contribution in [-0.2, 0) is 6.54 Å². The van der Waals surface area contributed by atoms with Crippen molar-refractivity contribution in [3.05, 3.63) is 65.0 Å². The maximum absolute atomic E-state index is 13.1. The van der Waals surface area contributed by atoms with Gasteiger partial charge in [-0.1, -0.05) is 18.2 Å². The molecule has 11 heteroatoms. The van der Waals surface area contributed by atoms with Gasteiger partial charge < -0.3 is 24.3 Å². The Morgan fingerprint density at radius 1 is 1.19 bits per heavy atom. The molecule has 188 valence electrons. The van der Waals surface area contributed by atoms with Gasteiger partial charge in [-0.15, -0.1) is 0 Å². The molecule has 2 aromatic carbocycles. The quantitative estimate of drug-likeness (QED) is 0.237. The summed E-state index contributed by atoms with van der Waals surface area (Å²) in [6.07, 6.45) is 3.45. The average molecular weight is 495 g/mol. The lowest BCUT2D eigenvalue weighted by Crippen LogP contribution is -2.19. The number of benzene rings is 2. The van der Waals surface area contributed by atoms with Crippen LogP contribution in [-0.4, -0.2) is 65.4 Å². The van der Waals surface area contributed by atoms with Crippen molar-refractivity contribution in [1.29, 1.82) is 0 Å². The lowest BCUT2D eigenvalue weighted by Gasteiger charge is -2.15. The van der Waals surface area contributed by atoms with Crippen LogP contribution < -0.4 is 14.8 Å².